The lowest BCUT2D eigenvalue weighted by atomic mass is 9.83. The number of nitrogens with one attached hydrogen (secondary N) is 3. The van der Waals surface area contributed by atoms with Gasteiger partial charge in [0, 0.05) is 14.1 Å². The van der Waals surface area contributed by atoms with E-state index < -0.39 is 23.4 Å². The molecule has 162 valence electrons. The van der Waals surface area contributed by atoms with Gasteiger partial charge in [-0.2, -0.15) is 5.01 Å². The van der Waals surface area contributed by atoms with Crippen molar-refractivity contribution in [2.45, 2.75) is 5.54 Å². The molecular formula is C22H26N5O4+. The molecule has 1 atom stereocenters. The summed E-state index contributed by atoms with van der Waals surface area (Å²) in [6.07, 6.45) is 0. The summed E-state index contributed by atoms with van der Waals surface area (Å²) < 4.78 is 0. The maximum atomic E-state index is 13.5. The second-order valence-electron chi connectivity index (χ2n) is 7.69. The molecule has 0 bridgehead atoms. The van der Waals surface area contributed by atoms with E-state index in [1.807, 2.05) is 12.1 Å². The van der Waals surface area contributed by atoms with Gasteiger partial charge in [0.05, 0.1) is 7.05 Å². The molecule has 1 fully saturated rings. The predicted molar refractivity (Wildman–Crippen MR) is 112 cm³/mol. The summed E-state index contributed by atoms with van der Waals surface area (Å²) >= 11 is 0. The third-order valence-corrected chi connectivity index (χ3v) is 5.09. The van der Waals surface area contributed by atoms with Crippen molar-refractivity contribution in [2.24, 2.45) is 0 Å². The van der Waals surface area contributed by atoms with Crippen molar-refractivity contribution in [1.29, 1.82) is 0 Å². The van der Waals surface area contributed by atoms with Gasteiger partial charge in [0.15, 0.2) is 18.6 Å². The standard InChI is InChI=1S/C22H25N5O4/c1-25(2)19(29)15-26(3)14-18(28)24-27-20(30)22(23-21(27)31,16-10-6-4-7-11-16)17-12-8-5-9-13-17/h4-13H,14-15H2,1-3H3,(H,23,31)(H,24,28)/p+1. The highest BCUT2D eigenvalue weighted by Crippen LogP contribution is 2.35. The van der Waals surface area contributed by atoms with E-state index in [0.29, 0.717) is 21.0 Å². The van der Waals surface area contributed by atoms with Crippen molar-refractivity contribution in [3.05, 3.63) is 71.8 Å². The van der Waals surface area contributed by atoms with Gasteiger partial charge in [0.2, 0.25) is 0 Å². The average Bonchev–Trinajstić information content (AvgIpc) is 3.00. The van der Waals surface area contributed by atoms with Crippen LogP contribution in [0.2, 0.25) is 0 Å². The number of quaternary nitrogens is 1. The van der Waals surface area contributed by atoms with Crippen LogP contribution in [0.4, 0.5) is 4.79 Å². The minimum absolute atomic E-state index is 0.0830. The lowest BCUT2D eigenvalue weighted by molar-refractivity contribution is -0.863. The molecule has 0 aliphatic carbocycles. The van der Waals surface area contributed by atoms with Gasteiger partial charge in [-0.1, -0.05) is 60.7 Å². The number of urea groups is 1. The van der Waals surface area contributed by atoms with Crippen LogP contribution in [-0.2, 0) is 19.9 Å². The van der Waals surface area contributed by atoms with Crippen LogP contribution < -0.4 is 15.6 Å². The Labute approximate surface area is 180 Å². The van der Waals surface area contributed by atoms with E-state index in [1.165, 1.54) is 4.90 Å². The molecule has 3 rings (SSSR count). The Balaban J connectivity index is 1.83. The van der Waals surface area contributed by atoms with Crippen molar-refractivity contribution in [2.75, 3.05) is 34.2 Å². The first-order chi connectivity index (χ1) is 14.8. The summed E-state index contributed by atoms with van der Waals surface area (Å²) in [5.74, 6) is -1.29. The third kappa shape index (κ3) is 4.41. The Bertz CT molecular complexity index is 938. The molecule has 0 spiro atoms. The number of likely N-dealkylation sites (N-methyl/N-ethyl adjacent to an activating group) is 2. The largest absolute Gasteiger partial charge is 0.344 e. The zero-order chi connectivity index (χ0) is 22.6. The fourth-order valence-electron chi connectivity index (χ4n) is 3.48. The summed E-state index contributed by atoms with van der Waals surface area (Å²) in [5.41, 5.74) is 2.10. The maximum absolute atomic E-state index is 13.5. The minimum Gasteiger partial charge on any atom is -0.344 e. The number of hydrogen-bond donors (Lipinski definition) is 3. The lowest BCUT2D eigenvalue weighted by Crippen LogP contribution is -3.11. The van der Waals surface area contributed by atoms with E-state index in [4.69, 9.17) is 0 Å². The van der Waals surface area contributed by atoms with Crippen LogP contribution in [0, 0.1) is 0 Å². The molecule has 31 heavy (non-hydrogen) atoms. The summed E-state index contributed by atoms with van der Waals surface area (Å²) in [5, 5.41) is 3.47. The second kappa shape index (κ2) is 8.97. The fraction of sp³-hybridized carbons (Fsp3) is 0.273. The molecule has 1 unspecified atom stereocenters. The Morgan fingerprint density at radius 3 is 1.97 bits per heavy atom. The Morgan fingerprint density at radius 2 is 1.48 bits per heavy atom. The topological polar surface area (TPSA) is 103 Å². The molecule has 1 aliphatic rings. The van der Waals surface area contributed by atoms with E-state index >= 15 is 0 Å². The van der Waals surface area contributed by atoms with Gasteiger partial charge < -0.3 is 15.1 Å². The molecule has 0 saturated carbocycles. The van der Waals surface area contributed by atoms with E-state index in [-0.39, 0.29) is 19.0 Å². The first kappa shape index (κ1) is 22.0. The highest BCUT2D eigenvalue weighted by atomic mass is 16.2. The average molecular weight is 424 g/mol. The van der Waals surface area contributed by atoms with Crippen molar-refractivity contribution in [3.8, 4) is 0 Å². The van der Waals surface area contributed by atoms with Crippen LogP contribution in [0.1, 0.15) is 11.1 Å². The highest BCUT2D eigenvalue weighted by molar-refractivity contribution is 6.10. The SMILES string of the molecule is CN(C)C(=O)C[NH+](C)CC(=O)NN1C(=O)NC(c2ccccc2)(c2ccccc2)C1=O. The van der Waals surface area contributed by atoms with Gasteiger partial charge in [-0.25, -0.2) is 4.79 Å². The Kier molecular flexibility index (Phi) is 6.36. The first-order valence-electron chi connectivity index (χ1n) is 9.84. The highest BCUT2D eigenvalue weighted by Gasteiger charge is 2.54. The van der Waals surface area contributed by atoms with E-state index in [9.17, 15) is 19.2 Å². The molecule has 1 aliphatic heterocycles. The molecule has 9 heteroatoms. The van der Waals surface area contributed by atoms with Gasteiger partial charge in [-0.15, -0.1) is 0 Å². The minimum atomic E-state index is -1.45. The van der Waals surface area contributed by atoms with E-state index in [1.54, 1.807) is 69.7 Å². The molecule has 2 aromatic carbocycles. The Hall–Kier alpha value is -3.72. The molecule has 1 saturated heterocycles. The summed E-state index contributed by atoms with van der Waals surface area (Å²) in [4.78, 5) is 52.6. The van der Waals surface area contributed by atoms with Crippen LogP contribution in [-0.4, -0.2) is 67.9 Å². The second-order valence-corrected chi connectivity index (χ2v) is 7.69. The van der Waals surface area contributed by atoms with Gasteiger partial charge in [0.1, 0.15) is 0 Å². The zero-order valence-corrected chi connectivity index (χ0v) is 17.7. The van der Waals surface area contributed by atoms with E-state index in [2.05, 4.69) is 10.7 Å². The zero-order valence-electron chi connectivity index (χ0n) is 17.7. The molecular weight excluding hydrogens is 398 g/mol. The molecule has 2 aromatic rings. The molecule has 3 N–H and O–H groups in total. The van der Waals surface area contributed by atoms with E-state index in [0.717, 1.165) is 0 Å². The van der Waals surface area contributed by atoms with Crippen molar-refractivity contribution < 1.29 is 24.1 Å². The molecule has 0 aromatic heterocycles. The van der Waals surface area contributed by atoms with Crippen molar-refractivity contribution >= 4 is 23.8 Å². The van der Waals surface area contributed by atoms with Gasteiger partial charge in [-0.05, 0) is 11.1 Å². The predicted octanol–water partition coefficient (Wildman–Crippen LogP) is -0.884. The first-order valence-corrected chi connectivity index (χ1v) is 9.84. The number of amides is 5. The molecule has 9 nitrogen and oxygen atoms in total. The molecule has 5 amide bonds. The number of imide groups is 1. The van der Waals surface area contributed by atoms with Crippen LogP contribution in [0.15, 0.2) is 60.7 Å². The van der Waals surface area contributed by atoms with Crippen LogP contribution >= 0.6 is 0 Å². The van der Waals surface area contributed by atoms with Gasteiger partial charge in [-0.3, -0.25) is 19.8 Å². The summed E-state index contributed by atoms with van der Waals surface area (Å²) in [7, 11) is 4.95. The Morgan fingerprint density at radius 1 is 0.968 bits per heavy atom. The number of hydrogen-bond acceptors (Lipinski definition) is 4. The van der Waals surface area contributed by atoms with Gasteiger partial charge >= 0.3 is 6.03 Å². The number of carbonyl (C=O) groups is 4. The summed E-state index contributed by atoms with van der Waals surface area (Å²) in [6.45, 7) is 0.0266. The number of rotatable bonds is 7. The van der Waals surface area contributed by atoms with Crippen LogP contribution in [0.25, 0.3) is 0 Å². The normalized spacial score (nSPS) is 15.9. The monoisotopic (exact) mass is 424 g/mol. The third-order valence-electron chi connectivity index (χ3n) is 5.09. The molecule has 0 radical (unpaired) electrons. The number of hydrazine groups is 1. The van der Waals surface area contributed by atoms with Crippen molar-refractivity contribution in [1.82, 2.24) is 20.7 Å². The van der Waals surface area contributed by atoms with Crippen LogP contribution in [0.3, 0.4) is 0 Å². The lowest BCUT2D eigenvalue weighted by Gasteiger charge is -2.27. The number of nitrogens with zero attached hydrogens (tertiary/aromatic N) is 2. The van der Waals surface area contributed by atoms with Crippen molar-refractivity contribution in [3.63, 3.8) is 0 Å². The molecule has 1 heterocycles. The maximum Gasteiger partial charge on any atom is 0.344 e. The number of benzene rings is 2. The summed E-state index contributed by atoms with van der Waals surface area (Å²) in [6, 6.07) is 17.0. The smallest absolute Gasteiger partial charge is 0.344 e. The fourth-order valence-corrected chi connectivity index (χ4v) is 3.48. The quantitative estimate of drug-likeness (QED) is 0.502. The van der Waals surface area contributed by atoms with Crippen LogP contribution in [0.5, 0.6) is 0 Å². The van der Waals surface area contributed by atoms with Gasteiger partial charge in [0.25, 0.3) is 17.7 Å². The number of carbonyl (C=O) groups excluding carboxylic acids is 4.